The van der Waals surface area contributed by atoms with E-state index in [-0.39, 0.29) is 28.9 Å². The number of amides is 1. The van der Waals surface area contributed by atoms with Gasteiger partial charge in [-0.05, 0) is 35.4 Å². The van der Waals surface area contributed by atoms with Crippen molar-refractivity contribution in [3.63, 3.8) is 0 Å². The lowest BCUT2D eigenvalue weighted by Gasteiger charge is -2.25. The van der Waals surface area contributed by atoms with Gasteiger partial charge >= 0.3 is 0 Å². The molecule has 1 aromatic carbocycles. The van der Waals surface area contributed by atoms with E-state index in [1.54, 1.807) is 11.9 Å². The average Bonchev–Trinajstić information content (AvgIpc) is 2.79. The minimum absolute atomic E-state index is 0.0127. The van der Waals surface area contributed by atoms with Gasteiger partial charge in [0.25, 0.3) is 0 Å². The number of benzene rings is 1. The van der Waals surface area contributed by atoms with Crippen molar-refractivity contribution in [3.05, 3.63) is 34.9 Å². The quantitative estimate of drug-likeness (QED) is 0.851. The van der Waals surface area contributed by atoms with Crippen LogP contribution < -0.4 is 0 Å². The number of nitrogens with zero attached hydrogens (tertiary/aromatic N) is 1. The monoisotopic (exact) mass is 337 g/mol. The van der Waals surface area contributed by atoms with Gasteiger partial charge in [0.05, 0.1) is 17.9 Å². The number of aryl methyl sites for hydroxylation is 1. The molecule has 0 saturated carbocycles. The molecule has 1 aliphatic rings. The molecule has 1 aliphatic heterocycles. The zero-order valence-corrected chi connectivity index (χ0v) is 15.5. The Balaban J connectivity index is 2.14. The van der Waals surface area contributed by atoms with Crippen LogP contribution in [-0.4, -0.2) is 43.8 Å². The molecular formula is C18H27NO3S. The highest BCUT2D eigenvalue weighted by Gasteiger charge is 2.32. The lowest BCUT2D eigenvalue weighted by atomic mass is 9.85. The third-order valence-corrected chi connectivity index (χ3v) is 6.46. The Labute approximate surface area is 139 Å². The fourth-order valence-electron chi connectivity index (χ4n) is 2.90. The summed E-state index contributed by atoms with van der Waals surface area (Å²) in [5, 5.41) is 0. The summed E-state index contributed by atoms with van der Waals surface area (Å²) in [5.41, 5.74) is 3.36. The lowest BCUT2D eigenvalue weighted by Crippen LogP contribution is -2.38. The number of sulfone groups is 1. The lowest BCUT2D eigenvalue weighted by molar-refractivity contribution is -0.130. The fraction of sp³-hybridized carbons (Fsp3) is 0.611. The van der Waals surface area contributed by atoms with Crippen LogP contribution in [0.5, 0.6) is 0 Å². The van der Waals surface area contributed by atoms with Crippen LogP contribution in [-0.2, 0) is 26.5 Å². The maximum absolute atomic E-state index is 12.6. The first-order valence-electron chi connectivity index (χ1n) is 8.06. The largest absolute Gasteiger partial charge is 0.341 e. The average molecular weight is 337 g/mol. The molecule has 1 unspecified atom stereocenters. The van der Waals surface area contributed by atoms with Crippen molar-refractivity contribution in [1.29, 1.82) is 0 Å². The predicted octanol–water partition coefficient (Wildman–Crippen LogP) is 2.48. The Morgan fingerprint density at radius 2 is 1.96 bits per heavy atom. The molecule has 0 radical (unpaired) electrons. The van der Waals surface area contributed by atoms with E-state index in [2.05, 4.69) is 39.0 Å². The summed E-state index contributed by atoms with van der Waals surface area (Å²) >= 11 is 0. The highest BCUT2D eigenvalue weighted by Crippen LogP contribution is 2.25. The summed E-state index contributed by atoms with van der Waals surface area (Å²) in [5.74, 6) is 0.269. The number of hydrogen-bond acceptors (Lipinski definition) is 3. The number of rotatable bonds is 3. The van der Waals surface area contributed by atoms with Crippen molar-refractivity contribution in [3.8, 4) is 0 Å². The van der Waals surface area contributed by atoms with E-state index in [0.717, 1.165) is 11.1 Å². The van der Waals surface area contributed by atoms with Crippen molar-refractivity contribution < 1.29 is 13.2 Å². The van der Waals surface area contributed by atoms with Gasteiger partial charge in [0, 0.05) is 13.1 Å². The first kappa shape index (κ1) is 18.0. The third kappa shape index (κ3) is 4.34. The van der Waals surface area contributed by atoms with Gasteiger partial charge in [-0.25, -0.2) is 8.42 Å². The summed E-state index contributed by atoms with van der Waals surface area (Å²) in [6, 6.07) is 6.09. The van der Waals surface area contributed by atoms with Crippen molar-refractivity contribution in [1.82, 2.24) is 4.90 Å². The Morgan fingerprint density at radius 3 is 2.48 bits per heavy atom. The Kier molecular flexibility index (Phi) is 4.90. The Bertz CT molecular complexity index is 701. The molecule has 1 amide bonds. The van der Waals surface area contributed by atoms with Crippen LogP contribution in [0.4, 0.5) is 0 Å². The maximum Gasteiger partial charge on any atom is 0.227 e. The van der Waals surface area contributed by atoms with Gasteiger partial charge in [0.15, 0.2) is 9.84 Å². The SMILES string of the molecule is Cc1ccc(C(C)(C)C)cc1CC(=O)N(C)C1CCS(=O)(=O)C1. The standard InChI is InChI=1S/C18H27NO3S/c1-13-6-7-15(18(2,3)4)10-14(13)11-17(20)19(5)16-8-9-23(21,22)12-16/h6-7,10,16H,8-9,11-12H2,1-5H3. The van der Waals surface area contributed by atoms with Gasteiger partial charge in [-0.1, -0.05) is 39.0 Å². The highest BCUT2D eigenvalue weighted by atomic mass is 32.2. The van der Waals surface area contributed by atoms with Gasteiger partial charge in [0.2, 0.25) is 5.91 Å². The summed E-state index contributed by atoms with van der Waals surface area (Å²) in [6.45, 7) is 8.46. The van der Waals surface area contributed by atoms with Crippen molar-refractivity contribution >= 4 is 15.7 Å². The van der Waals surface area contributed by atoms with E-state index in [0.29, 0.717) is 12.8 Å². The molecule has 2 rings (SSSR count). The van der Waals surface area contributed by atoms with E-state index in [9.17, 15) is 13.2 Å². The topological polar surface area (TPSA) is 54.5 Å². The van der Waals surface area contributed by atoms with Gasteiger partial charge in [-0.2, -0.15) is 0 Å². The molecule has 1 saturated heterocycles. The number of hydrogen-bond donors (Lipinski definition) is 0. The van der Waals surface area contributed by atoms with Crippen molar-refractivity contribution in [2.45, 2.75) is 52.0 Å². The van der Waals surface area contributed by atoms with Crippen LogP contribution in [0.25, 0.3) is 0 Å². The number of carbonyl (C=O) groups excluding carboxylic acids is 1. The minimum Gasteiger partial charge on any atom is -0.341 e. The van der Waals surface area contributed by atoms with E-state index in [1.165, 1.54) is 5.56 Å². The molecule has 1 heterocycles. The molecule has 0 aliphatic carbocycles. The second-order valence-corrected chi connectivity index (χ2v) is 9.86. The first-order chi connectivity index (χ1) is 10.5. The normalized spacial score (nSPS) is 20.5. The number of likely N-dealkylation sites (N-methyl/N-ethyl adjacent to an activating group) is 1. The molecule has 1 fully saturated rings. The molecule has 0 aromatic heterocycles. The summed E-state index contributed by atoms with van der Waals surface area (Å²) < 4.78 is 23.2. The fourth-order valence-corrected chi connectivity index (χ4v) is 4.67. The van der Waals surface area contributed by atoms with Crippen LogP contribution in [0, 0.1) is 6.92 Å². The predicted molar refractivity (Wildman–Crippen MR) is 93.4 cm³/mol. The molecule has 0 bridgehead atoms. The van der Waals surface area contributed by atoms with Gasteiger partial charge < -0.3 is 4.90 Å². The molecule has 23 heavy (non-hydrogen) atoms. The molecule has 128 valence electrons. The molecular weight excluding hydrogens is 310 g/mol. The molecule has 5 heteroatoms. The third-order valence-electron chi connectivity index (χ3n) is 4.71. The van der Waals surface area contributed by atoms with Crippen LogP contribution in [0.1, 0.15) is 43.9 Å². The van der Waals surface area contributed by atoms with Gasteiger partial charge in [-0.3, -0.25) is 4.79 Å². The summed E-state index contributed by atoms with van der Waals surface area (Å²) in [7, 11) is -1.26. The van der Waals surface area contributed by atoms with E-state index in [4.69, 9.17) is 0 Å². The minimum atomic E-state index is -2.97. The molecule has 0 spiro atoms. The van der Waals surface area contributed by atoms with Gasteiger partial charge in [-0.15, -0.1) is 0 Å². The second kappa shape index (κ2) is 6.27. The Morgan fingerprint density at radius 1 is 1.30 bits per heavy atom. The zero-order valence-electron chi connectivity index (χ0n) is 14.7. The summed E-state index contributed by atoms with van der Waals surface area (Å²) in [6.07, 6.45) is 0.869. The van der Waals surface area contributed by atoms with Crippen LogP contribution in [0.3, 0.4) is 0 Å². The number of carbonyl (C=O) groups is 1. The maximum atomic E-state index is 12.6. The highest BCUT2D eigenvalue weighted by molar-refractivity contribution is 7.91. The van der Waals surface area contributed by atoms with E-state index >= 15 is 0 Å². The second-order valence-electron chi connectivity index (χ2n) is 7.63. The van der Waals surface area contributed by atoms with Crippen LogP contribution >= 0.6 is 0 Å². The van der Waals surface area contributed by atoms with Gasteiger partial charge in [0.1, 0.15) is 0 Å². The smallest absolute Gasteiger partial charge is 0.227 e. The van der Waals surface area contributed by atoms with Crippen molar-refractivity contribution in [2.75, 3.05) is 18.6 Å². The molecule has 1 atom stereocenters. The van der Waals surface area contributed by atoms with Crippen LogP contribution in [0.15, 0.2) is 18.2 Å². The Hall–Kier alpha value is -1.36. The van der Waals surface area contributed by atoms with Crippen LogP contribution in [0.2, 0.25) is 0 Å². The molecule has 1 aromatic rings. The van der Waals surface area contributed by atoms with E-state index in [1.807, 2.05) is 6.92 Å². The van der Waals surface area contributed by atoms with E-state index < -0.39 is 9.84 Å². The van der Waals surface area contributed by atoms with Crippen molar-refractivity contribution in [2.24, 2.45) is 0 Å². The first-order valence-corrected chi connectivity index (χ1v) is 9.88. The molecule has 0 N–H and O–H groups in total. The summed E-state index contributed by atoms with van der Waals surface area (Å²) in [4.78, 5) is 14.2. The molecule has 4 nitrogen and oxygen atoms in total. The zero-order chi connectivity index (χ0) is 17.4.